The topological polar surface area (TPSA) is 12.0 Å². The van der Waals surface area contributed by atoms with E-state index >= 15 is 0 Å². The highest BCUT2D eigenvalue weighted by atomic mass is 15.0. The van der Waals surface area contributed by atoms with Crippen molar-refractivity contribution in [3.05, 3.63) is 47.5 Å². The third kappa shape index (κ3) is 2.14. The minimum absolute atomic E-state index is 0.547. The summed E-state index contributed by atoms with van der Waals surface area (Å²) in [4.78, 5) is 0. The highest BCUT2D eigenvalue weighted by Crippen LogP contribution is 2.51. The molecule has 1 aliphatic carbocycles. The van der Waals surface area contributed by atoms with Crippen LogP contribution in [0.4, 0.5) is 0 Å². The first-order chi connectivity index (χ1) is 9.08. The molecule has 19 heavy (non-hydrogen) atoms. The van der Waals surface area contributed by atoms with Crippen LogP contribution in [0.3, 0.4) is 0 Å². The smallest absolute Gasteiger partial charge is 0.0356 e. The van der Waals surface area contributed by atoms with Gasteiger partial charge in [0.05, 0.1) is 0 Å². The third-order valence-corrected chi connectivity index (χ3v) is 4.99. The minimum atomic E-state index is 0.547. The number of rotatable bonds is 3. The molecule has 2 heterocycles. The van der Waals surface area contributed by atoms with Crippen LogP contribution in [0.2, 0.25) is 0 Å². The second kappa shape index (κ2) is 4.79. The number of piperidine rings is 1. The third-order valence-electron chi connectivity index (χ3n) is 4.99. The fraction of sp³-hybridized carbons (Fsp3) is 0.556. The zero-order valence-electron chi connectivity index (χ0n) is 12.3. The highest BCUT2D eigenvalue weighted by Gasteiger charge is 2.45. The Morgan fingerprint density at radius 2 is 2.00 bits per heavy atom. The Morgan fingerprint density at radius 1 is 1.32 bits per heavy atom. The van der Waals surface area contributed by atoms with Crippen molar-refractivity contribution in [2.45, 2.75) is 51.6 Å². The number of hydrogen-bond donors (Lipinski definition) is 1. The SMILES string of the molecule is C=C(C)CC1NC2c3ccccc3C1CC2C(C)C. The van der Waals surface area contributed by atoms with Gasteiger partial charge in [0.25, 0.3) is 0 Å². The normalized spacial score (nSPS) is 32.4. The zero-order valence-corrected chi connectivity index (χ0v) is 12.3. The van der Waals surface area contributed by atoms with E-state index in [1.54, 1.807) is 11.1 Å². The van der Waals surface area contributed by atoms with Crippen molar-refractivity contribution >= 4 is 0 Å². The van der Waals surface area contributed by atoms with Crippen molar-refractivity contribution in [1.82, 2.24) is 5.32 Å². The van der Waals surface area contributed by atoms with Gasteiger partial charge in [0.1, 0.15) is 0 Å². The number of benzene rings is 1. The average molecular weight is 255 g/mol. The van der Waals surface area contributed by atoms with Crippen molar-refractivity contribution in [1.29, 1.82) is 0 Å². The van der Waals surface area contributed by atoms with Crippen molar-refractivity contribution in [2.24, 2.45) is 11.8 Å². The number of hydrogen-bond acceptors (Lipinski definition) is 1. The minimum Gasteiger partial charge on any atom is -0.306 e. The van der Waals surface area contributed by atoms with Crippen LogP contribution < -0.4 is 5.32 Å². The summed E-state index contributed by atoms with van der Waals surface area (Å²) in [7, 11) is 0. The van der Waals surface area contributed by atoms with Crippen molar-refractivity contribution in [3.63, 3.8) is 0 Å². The molecule has 0 radical (unpaired) electrons. The molecule has 2 aliphatic heterocycles. The molecule has 1 saturated heterocycles. The Hall–Kier alpha value is -1.08. The van der Waals surface area contributed by atoms with Crippen LogP contribution in [0, 0.1) is 11.8 Å². The van der Waals surface area contributed by atoms with Crippen LogP contribution in [0.15, 0.2) is 36.4 Å². The van der Waals surface area contributed by atoms with Gasteiger partial charge in [-0.05, 0) is 42.7 Å². The van der Waals surface area contributed by atoms with E-state index in [-0.39, 0.29) is 0 Å². The lowest BCUT2D eigenvalue weighted by Crippen LogP contribution is -2.52. The Balaban J connectivity index is 1.98. The summed E-state index contributed by atoms with van der Waals surface area (Å²) < 4.78 is 0. The van der Waals surface area contributed by atoms with Crippen LogP contribution in [0.5, 0.6) is 0 Å². The maximum Gasteiger partial charge on any atom is 0.0356 e. The first-order valence-corrected chi connectivity index (χ1v) is 7.57. The van der Waals surface area contributed by atoms with Gasteiger partial charge in [-0.15, -0.1) is 6.58 Å². The summed E-state index contributed by atoms with van der Waals surface area (Å²) in [5, 5.41) is 3.91. The second-order valence-corrected chi connectivity index (χ2v) is 6.79. The molecule has 4 atom stereocenters. The van der Waals surface area contributed by atoms with E-state index in [0.717, 1.165) is 18.3 Å². The molecule has 0 spiro atoms. The maximum absolute atomic E-state index is 4.10. The van der Waals surface area contributed by atoms with Crippen LogP contribution >= 0.6 is 0 Å². The summed E-state index contributed by atoms with van der Waals surface area (Å²) in [6.45, 7) is 11.0. The molecule has 0 saturated carbocycles. The van der Waals surface area contributed by atoms with Gasteiger partial charge in [0.15, 0.2) is 0 Å². The van der Waals surface area contributed by atoms with E-state index in [1.807, 2.05) is 0 Å². The Kier molecular flexibility index (Phi) is 3.26. The summed E-state index contributed by atoms with van der Waals surface area (Å²) in [5.41, 5.74) is 4.44. The van der Waals surface area contributed by atoms with Crippen LogP contribution in [0.1, 0.15) is 56.7 Å². The molecule has 1 nitrogen and oxygen atoms in total. The molecule has 1 N–H and O–H groups in total. The monoisotopic (exact) mass is 255 g/mol. The first-order valence-electron chi connectivity index (χ1n) is 7.57. The molecule has 0 aromatic heterocycles. The van der Waals surface area contributed by atoms with Gasteiger partial charge in [0.2, 0.25) is 0 Å². The number of nitrogens with one attached hydrogen (secondary N) is 1. The Labute approximate surface area is 117 Å². The zero-order chi connectivity index (χ0) is 13.6. The molecule has 4 unspecified atom stereocenters. The second-order valence-electron chi connectivity index (χ2n) is 6.79. The van der Waals surface area contributed by atoms with Crippen molar-refractivity contribution in [3.8, 4) is 0 Å². The average Bonchev–Trinajstić information content (AvgIpc) is 2.38. The summed E-state index contributed by atoms with van der Waals surface area (Å²) in [5.74, 6) is 2.20. The summed E-state index contributed by atoms with van der Waals surface area (Å²) in [6, 6.07) is 10.2. The highest BCUT2D eigenvalue weighted by molar-refractivity contribution is 5.40. The summed E-state index contributed by atoms with van der Waals surface area (Å²) in [6.07, 6.45) is 2.45. The molecule has 1 heteroatoms. The lowest BCUT2D eigenvalue weighted by molar-refractivity contribution is 0.138. The van der Waals surface area contributed by atoms with E-state index in [2.05, 4.69) is 56.9 Å². The number of fused-ring (bicyclic) bond motifs is 2. The van der Waals surface area contributed by atoms with E-state index in [0.29, 0.717) is 18.0 Å². The van der Waals surface area contributed by atoms with Crippen LogP contribution in [-0.4, -0.2) is 6.04 Å². The van der Waals surface area contributed by atoms with Gasteiger partial charge in [-0.1, -0.05) is 43.7 Å². The fourth-order valence-electron chi connectivity index (χ4n) is 4.09. The predicted molar refractivity (Wildman–Crippen MR) is 81.2 cm³/mol. The molecule has 102 valence electrons. The van der Waals surface area contributed by atoms with Gasteiger partial charge in [0, 0.05) is 18.0 Å². The molecule has 1 fully saturated rings. The molecule has 0 amide bonds. The quantitative estimate of drug-likeness (QED) is 0.788. The van der Waals surface area contributed by atoms with E-state index in [1.165, 1.54) is 12.0 Å². The first kappa shape index (κ1) is 12.9. The molecule has 1 aromatic carbocycles. The van der Waals surface area contributed by atoms with Crippen molar-refractivity contribution < 1.29 is 0 Å². The van der Waals surface area contributed by atoms with E-state index in [4.69, 9.17) is 0 Å². The molecule has 2 bridgehead atoms. The Bertz CT molecular complexity index is 488. The lowest BCUT2D eigenvalue weighted by Gasteiger charge is -2.51. The molecule has 4 rings (SSSR count). The van der Waals surface area contributed by atoms with Gasteiger partial charge < -0.3 is 5.32 Å². The van der Waals surface area contributed by atoms with E-state index in [9.17, 15) is 0 Å². The van der Waals surface area contributed by atoms with Gasteiger partial charge in [-0.3, -0.25) is 0 Å². The fourth-order valence-corrected chi connectivity index (χ4v) is 4.09. The molecule has 3 aliphatic rings. The van der Waals surface area contributed by atoms with E-state index < -0.39 is 0 Å². The molecule has 1 aromatic rings. The van der Waals surface area contributed by atoms with Crippen LogP contribution in [0.25, 0.3) is 0 Å². The van der Waals surface area contributed by atoms with Gasteiger partial charge >= 0.3 is 0 Å². The standard InChI is InChI=1S/C18H25N/c1-11(2)9-17-16-10-15(12(3)4)18(19-17)14-8-6-5-7-13(14)16/h5-8,12,15-19H,1,9-10H2,2-4H3. The van der Waals surface area contributed by atoms with Gasteiger partial charge in [-0.2, -0.15) is 0 Å². The predicted octanol–water partition coefficient (Wildman–Crippen LogP) is 4.43. The lowest BCUT2D eigenvalue weighted by atomic mass is 9.63. The Morgan fingerprint density at radius 3 is 2.63 bits per heavy atom. The summed E-state index contributed by atoms with van der Waals surface area (Å²) >= 11 is 0. The van der Waals surface area contributed by atoms with Crippen molar-refractivity contribution in [2.75, 3.05) is 0 Å². The largest absolute Gasteiger partial charge is 0.306 e. The molecular formula is C18H25N. The van der Waals surface area contributed by atoms with Gasteiger partial charge in [-0.25, -0.2) is 0 Å². The van der Waals surface area contributed by atoms with Crippen LogP contribution in [-0.2, 0) is 0 Å². The molecular weight excluding hydrogens is 230 g/mol. The maximum atomic E-state index is 4.10.